The molecule has 2 nitrogen and oxygen atoms in total. The molecule has 0 aromatic heterocycles. The van der Waals surface area contributed by atoms with Crippen LogP contribution < -0.4 is 31.8 Å². The minimum atomic E-state index is -3.49. The minimum absolute atomic E-state index is 0.247. The monoisotopic (exact) mass is 421 g/mol. The molecule has 1 unspecified atom stereocenters. The molecule has 110 valence electrons. The first-order chi connectivity index (χ1) is 10.7. The quantitative estimate of drug-likeness (QED) is 0.477. The summed E-state index contributed by atoms with van der Waals surface area (Å²) >= 11 is -0.247. The van der Waals surface area contributed by atoms with Crippen LogP contribution in [0.2, 0.25) is 0 Å². The second-order valence-electron chi connectivity index (χ2n) is 4.78. The SMILES string of the molecule is O=P(O)(c1ccccc1)c1ccc([I+]c2ccccc2)cc1. The van der Waals surface area contributed by atoms with Gasteiger partial charge in [-0.15, -0.1) is 0 Å². The fraction of sp³-hybridized carbons (Fsp3) is 0. The van der Waals surface area contributed by atoms with Gasteiger partial charge in [0.05, 0.1) is 0 Å². The molecular weight excluding hydrogens is 406 g/mol. The lowest BCUT2D eigenvalue weighted by Crippen LogP contribution is -3.61. The summed E-state index contributed by atoms with van der Waals surface area (Å²) in [6, 6.07) is 26.7. The summed E-state index contributed by atoms with van der Waals surface area (Å²) in [6.45, 7) is 0. The molecule has 3 aromatic rings. The molecule has 0 aliphatic carbocycles. The van der Waals surface area contributed by atoms with Crippen molar-refractivity contribution in [2.45, 2.75) is 0 Å². The van der Waals surface area contributed by atoms with Gasteiger partial charge in [0.2, 0.25) is 0 Å². The molecule has 4 heteroatoms. The zero-order chi connectivity index (χ0) is 15.4. The molecule has 0 saturated heterocycles. The predicted octanol–water partition coefficient (Wildman–Crippen LogP) is 0.0362. The third kappa shape index (κ3) is 3.49. The highest BCUT2D eigenvalue weighted by Gasteiger charge is 2.25. The van der Waals surface area contributed by atoms with Crippen LogP contribution in [0.15, 0.2) is 84.9 Å². The third-order valence-electron chi connectivity index (χ3n) is 3.23. The van der Waals surface area contributed by atoms with E-state index in [1.165, 1.54) is 7.14 Å². The summed E-state index contributed by atoms with van der Waals surface area (Å²) in [5, 5.41) is 0.958. The Kier molecular flexibility index (Phi) is 4.77. The van der Waals surface area contributed by atoms with Crippen molar-refractivity contribution >= 4 is 18.0 Å². The van der Waals surface area contributed by atoms with E-state index in [1.807, 2.05) is 36.4 Å². The van der Waals surface area contributed by atoms with E-state index in [-0.39, 0.29) is 21.2 Å². The van der Waals surface area contributed by atoms with Gasteiger partial charge in [-0.1, -0.05) is 36.4 Å². The van der Waals surface area contributed by atoms with Crippen molar-refractivity contribution in [1.82, 2.24) is 0 Å². The second-order valence-corrected chi connectivity index (χ2v) is 9.99. The van der Waals surface area contributed by atoms with Crippen molar-refractivity contribution in [3.63, 3.8) is 0 Å². The van der Waals surface area contributed by atoms with Gasteiger partial charge in [-0.05, 0) is 48.5 Å². The molecule has 1 atom stereocenters. The lowest BCUT2D eigenvalue weighted by molar-refractivity contribution is -0.597. The van der Waals surface area contributed by atoms with E-state index in [0.717, 1.165) is 0 Å². The third-order valence-corrected chi connectivity index (χ3v) is 7.91. The predicted molar refractivity (Wildman–Crippen MR) is 85.8 cm³/mol. The maximum Gasteiger partial charge on any atom is 0.357 e. The number of benzene rings is 3. The Labute approximate surface area is 140 Å². The highest BCUT2D eigenvalue weighted by Crippen LogP contribution is 2.37. The van der Waals surface area contributed by atoms with Crippen molar-refractivity contribution in [1.29, 1.82) is 0 Å². The van der Waals surface area contributed by atoms with Crippen LogP contribution in [-0.4, -0.2) is 4.89 Å². The Hall–Kier alpha value is -1.42. The van der Waals surface area contributed by atoms with Crippen molar-refractivity contribution < 1.29 is 30.7 Å². The molecular formula is C18H15IO2P+. The van der Waals surface area contributed by atoms with E-state index in [2.05, 4.69) is 12.1 Å². The van der Waals surface area contributed by atoms with Crippen LogP contribution in [0, 0.1) is 7.14 Å². The van der Waals surface area contributed by atoms with E-state index in [9.17, 15) is 9.46 Å². The number of hydrogen-bond donors (Lipinski definition) is 1. The fourth-order valence-electron chi connectivity index (χ4n) is 2.09. The van der Waals surface area contributed by atoms with Gasteiger partial charge in [-0.25, -0.2) is 0 Å². The van der Waals surface area contributed by atoms with Crippen molar-refractivity contribution in [3.8, 4) is 0 Å². The summed E-state index contributed by atoms with van der Waals surface area (Å²) in [6.07, 6.45) is 0. The first kappa shape index (κ1) is 15.5. The highest BCUT2D eigenvalue weighted by atomic mass is 127. The number of hydrogen-bond acceptors (Lipinski definition) is 1. The molecule has 0 spiro atoms. The Morgan fingerprint density at radius 1 is 0.636 bits per heavy atom. The maximum atomic E-state index is 12.7. The summed E-state index contributed by atoms with van der Waals surface area (Å²) in [5.41, 5.74) is 0. The van der Waals surface area contributed by atoms with Gasteiger partial charge in [0.15, 0.2) is 7.14 Å². The highest BCUT2D eigenvalue weighted by molar-refractivity contribution is 7.73. The molecule has 0 heterocycles. The largest absolute Gasteiger partial charge is 0.357 e. The molecule has 0 saturated carbocycles. The first-order valence-electron chi connectivity index (χ1n) is 6.85. The van der Waals surface area contributed by atoms with E-state index >= 15 is 0 Å². The number of rotatable bonds is 4. The van der Waals surface area contributed by atoms with E-state index in [4.69, 9.17) is 0 Å². The molecule has 0 aliphatic rings. The zero-order valence-corrected chi connectivity index (χ0v) is 14.8. The van der Waals surface area contributed by atoms with Gasteiger partial charge in [-0.2, -0.15) is 0 Å². The van der Waals surface area contributed by atoms with Gasteiger partial charge in [0.25, 0.3) is 7.37 Å². The molecule has 1 N–H and O–H groups in total. The Balaban J connectivity index is 1.84. The Bertz CT molecular complexity index is 786. The van der Waals surface area contributed by atoms with Gasteiger partial charge < -0.3 is 4.89 Å². The maximum absolute atomic E-state index is 12.7. The van der Waals surface area contributed by atoms with Crippen LogP contribution in [0.25, 0.3) is 0 Å². The Morgan fingerprint density at radius 3 is 1.68 bits per heavy atom. The van der Waals surface area contributed by atoms with E-state index in [1.54, 1.807) is 36.4 Å². The van der Waals surface area contributed by atoms with Gasteiger partial charge >= 0.3 is 21.2 Å². The number of halogens is 1. The molecule has 0 fully saturated rings. The fourth-order valence-corrected chi connectivity index (χ4v) is 5.73. The van der Waals surface area contributed by atoms with Crippen LogP contribution in [0.5, 0.6) is 0 Å². The average Bonchev–Trinajstić information content (AvgIpc) is 2.57. The van der Waals surface area contributed by atoms with Gasteiger partial charge in [0.1, 0.15) is 0 Å². The summed E-state index contributed by atoms with van der Waals surface area (Å²) in [5.74, 6) is 0. The Morgan fingerprint density at radius 2 is 1.09 bits per heavy atom. The molecule has 0 bridgehead atoms. The molecule has 3 aromatic carbocycles. The molecule has 0 radical (unpaired) electrons. The zero-order valence-electron chi connectivity index (χ0n) is 11.8. The van der Waals surface area contributed by atoms with Gasteiger partial charge in [0, 0.05) is 10.6 Å². The van der Waals surface area contributed by atoms with Crippen molar-refractivity contribution in [2.75, 3.05) is 0 Å². The topological polar surface area (TPSA) is 37.3 Å². The molecule has 22 heavy (non-hydrogen) atoms. The van der Waals surface area contributed by atoms with Crippen LogP contribution >= 0.6 is 7.37 Å². The van der Waals surface area contributed by atoms with Crippen LogP contribution in [0.1, 0.15) is 0 Å². The van der Waals surface area contributed by atoms with Crippen LogP contribution in [-0.2, 0) is 4.57 Å². The van der Waals surface area contributed by atoms with Crippen molar-refractivity contribution in [3.05, 3.63) is 92.1 Å². The van der Waals surface area contributed by atoms with Crippen LogP contribution in [0.4, 0.5) is 0 Å². The lowest BCUT2D eigenvalue weighted by Gasteiger charge is -2.11. The normalized spacial score (nSPS) is 13.5. The average molecular weight is 421 g/mol. The molecule has 0 amide bonds. The standard InChI is InChI=1S/C18H14IO2P/c20-22(21,17-9-5-2-6-10-17)18-13-11-16(12-14-18)19-15-7-3-1-4-8-15/h1-14H/p+1. The molecule has 3 rings (SSSR count). The van der Waals surface area contributed by atoms with E-state index in [0.29, 0.717) is 10.6 Å². The first-order valence-corrected chi connectivity index (χ1v) is 10.7. The molecule has 0 aliphatic heterocycles. The summed E-state index contributed by atoms with van der Waals surface area (Å²) in [4.78, 5) is 10.4. The summed E-state index contributed by atoms with van der Waals surface area (Å²) in [7, 11) is -3.49. The smallest absolute Gasteiger partial charge is 0.338 e. The van der Waals surface area contributed by atoms with Gasteiger partial charge in [-0.3, -0.25) is 4.57 Å². The summed E-state index contributed by atoms with van der Waals surface area (Å²) < 4.78 is 15.2. The van der Waals surface area contributed by atoms with E-state index < -0.39 is 7.37 Å². The lowest BCUT2D eigenvalue weighted by atomic mass is 10.4. The van der Waals surface area contributed by atoms with Crippen molar-refractivity contribution in [2.24, 2.45) is 0 Å². The second kappa shape index (κ2) is 6.78. The van der Waals surface area contributed by atoms with Crippen LogP contribution in [0.3, 0.4) is 0 Å². The minimum Gasteiger partial charge on any atom is -0.338 e.